The Hall–Kier alpha value is -0.0800. The number of nitrogens with zero attached hydrogens (tertiary/aromatic N) is 1. The number of hydrogen-bond acceptors (Lipinski definition) is 2. The minimum absolute atomic E-state index is 0.719. The summed E-state index contributed by atoms with van der Waals surface area (Å²) in [5.74, 6) is 1.63. The Labute approximate surface area is 88.6 Å². The van der Waals surface area contributed by atoms with Gasteiger partial charge in [-0.2, -0.15) is 0 Å². The predicted molar refractivity (Wildman–Crippen MR) is 60.5 cm³/mol. The monoisotopic (exact) mass is 199 g/mol. The molecule has 2 unspecified atom stereocenters. The minimum atomic E-state index is 0.719. The fourth-order valence-corrected chi connectivity index (χ4v) is 1.98. The van der Waals surface area contributed by atoms with Crippen LogP contribution >= 0.6 is 0 Å². The molecule has 2 atom stereocenters. The third-order valence-corrected chi connectivity index (χ3v) is 3.52. The number of ether oxygens (including phenoxy) is 1. The molecule has 2 nitrogen and oxygen atoms in total. The molecule has 0 aromatic carbocycles. The van der Waals surface area contributed by atoms with Crippen LogP contribution in [0.15, 0.2) is 0 Å². The zero-order chi connectivity index (χ0) is 10.6. The molecule has 0 spiro atoms. The van der Waals surface area contributed by atoms with Crippen molar-refractivity contribution >= 4 is 0 Å². The van der Waals surface area contributed by atoms with Gasteiger partial charge in [-0.25, -0.2) is 0 Å². The van der Waals surface area contributed by atoms with Gasteiger partial charge in [-0.3, -0.25) is 4.90 Å². The van der Waals surface area contributed by atoms with E-state index < -0.39 is 0 Å². The zero-order valence-electron chi connectivity index (χ0n) is 10.1. The zero-order valence-corrected chi connectivity index (χ0v) is 10.1. The maximum atomic E-state index is 5.36. The van der Waals surface area contributed by atoms with Crippen molar-refractivity contribution < 1.29 is 4.74 Å². The summed E-state index contributed by atoms with van der Waals surface area (Å²) in [6.45, 7) is 13.4. The van der Waals surface area contributed by atoms with Crippen LogP contribution in [0.2, 0.25) is 0 Å². The van der Waals surface area contributed by atoms with Crippen LogP contribution in [-0.4, -0.2) is 37.2 Å². The van der Waals surface area contributed by atoms with E-state index in [9.17, 15) is 0 Å². The molecule has 1 fully saturated rings. The van der Waals surface area contributed by atoms with Gasteiger partial charge in [0.05, 0.1) is 13.2 Å². The highest BCUT2D eigenvalue weighted by Crippen LogP contribution is 2.19. The van der Waals surface area contributed by atoms with Crippen molar-refractivity contribution in [2.24, 2.45) is 11.8 Å². The van der Waals surface area contributed by atoms with Crippen molar-refractivity contribution in [2.45, 2.75) is 40.2 Å². The summed E-state index contributed by atoms with van der Waals surface area (Å²) in [4.78, 5) is 2.56. The Morgan fingerprint density at radius 3 is 2.14 bits per heavy atom. The molecular formula is C12H25NO. The van der Waals surface area contributed by atoms with Crippen LogP contribution < -0.4 is 0 Å². The first-order chi connectivity index (χ1) is 6.61. The van der Waals surface area contributed by atoms with Crippen LogP contribution in [0.5, 0.6) is 0 Å². The van der Waals surface area contributed by atoms with E-state index >= 15 is 0 Å². The van der Waals surface area contributed by atoms with Crippen LogP contribution in [0.25, 0.3) is 0 Å². The standard InChI is InChI=1S/C12H25NO/c1-10(2)11(3)9-12(4)13-5-7-14-8-6-13/h10-12H,5-9H2,1-4H3. The van der Waals surface area contributed by atoms with Gasteiger partial charge in [0.15, 0.2) is 0 Å². The molecule has 0 radical (unpaired) electrons. The molecule has 0 aromatic heterocycles. The molecule has 0 bridgehead atoms. The number of hydrogen-bond donors (Lipinski definition) is 0. The van der Waals surface area contributed by atoms with Gasteiger partial charge >= 0.3 is 0 Å². The molecule has 1 rings (SSSR count). The first-order valence-electron chi connectivity index (χ1n) is 5.93. The van der Waals surface area contributed by atoms with E-state index in [2.05, 4.69) is 32.6 Å². The molecule has 1 saturated heterocycles. The number of morpholine rings is 1. The molecular weight excluding hydrogens is 174 g/mol. The Kier molecular flexibility index (Phi) is 4.90. The molecule has 0 amide bonds. The van der Waals surface area contributed by atoms with Gasteiger partial charge in [0.25, 0.3) is 0 Å². The summed E-state index contributed by atoms with van der Waals surface area (Å²) in [6.07, 6.45) is 1.32. The first-order valence-corrected chi connectivity index (χ1v) is 5.93. The average Bonchev–Trinajstić information content (AvgIpc) is 2.19. The lowest BCUT2D eigenvalue weighted by atomic mass is 9.91. The Balaban J connectivity index is 2.28. The highest BCUT2D eigenvalue weighted by atomic mass is 16.5. The third kappa shape index (κ3) is 3.58. The second-order valence-electron chi connectivity index (χ2n) is 4.95. The van der Waals surface area contributed by atoms with Crippen LogP contribution in [0, 0.1) is 11.8 Å². The Morgan fingerprint density at radius 1 is 1.07 bits per heavy atom. The minimum Gasteiger partial charge on any atom is -0.379 e. The highest BCUT2D eigenvalue weighted by molar-refractivity contribution is 4.73. The summed E-state index contributed by atoms with van der Waals surface area (Å²) in [6, 6.07) is 0.719. The van der Waals surface area contributed by atoms with Crippen LogP contribution in [0.3, 0.4) is 0 Å². The second kappa shape index (κ2) is 5.72. The van der Waals surface area contributed by atoms with Crippen molar-refractivity contribution in [1.29, 1.82) is 0 Å². The Morgan fingerprint density at radius 2 is 1.64 bits per heavy atom. The fraction of sp³-hybridized carbons (Fsp3) is 1.00. The molecule has 14 heavy (non-hydrogen) atoms. The molecule has 2 heteroatoms. The predicted octanol–water partition coefficient (Wildman–Crippen LogP) is 2.39. The SMILES string of the molecule is CC(C)C(C)CC(C)N1CCOCC1. The van der Waals surface area contributed by atoms with Gasteiger partial charge in [-0.05, 0) is 25.2 Å². The summed E-state index contributed by atoms with van der Waals surface area (Å²) < 4.78 is 5.36. The summed E-state index contributed by atoms with van der Waals surface area (Å²) >= 11 is 0. The van der Waals surface area contributed by atoms with Gasteiger partial charge < -0.3 is 4.74 Å². The average molecular weight is 199 g/mol. The number of rotatable bonds is 4. The van der Waals surface area contributed by atoms with E-state index in [1.165, 1.54) is 6.42 Å². The van der Waals surface area contributed by atoms with E-state index in [4.69, 9.17) is 4.74 Å². The lowest BCUT2D eigenvalue weighted by molar-refractivity contribution is 0.0145. The van der Waals surface area contributed by atoms with E-state index in [-0.39, 0.29) is 0 Å². The smallest absolute Gasteiger partial charge is 0.0594 e. The molecule has 1 heterocycles. The summed E-state index contributed by atoms with van der Waals surface area (Å²) in [5, 5.41) is 0. The maximum absolute atomic E-state index is 5.36. The van der Waals surface area contributed by atoms with Crippen molar-refractivity contribution in [2.75, 3.05) is 26.3 Å². The molecule has 1 aliphatic heterocycles. The lowest BCUT2D eigenvalue weighted by Gasteiger charge is -2.34. The van der Waals surface area contributed by atoms with Crippen LogP contribution in [-0.2, 0) is 4.74 Å². The van der Waals surface area contributed by atoms with E-state index in [1.807, 2.05) is 0 Å². The van der Waals surface area contributed by atoms with E-state index in [0.29, 0.717) is 0 Å². The quantitative estimate of drug-likeness (QED) is 0.689. The van der Waals surface area contributed by atoms with E-state index in [0.717, 1.165) is 44.2 Å². The van der Waals surface area contributed by atoms with Crippen molar-refractivity contribution in [1.82, 2.24) is 4.90 Å². The van der Waals surface area contributed by atoms with Gasteiger partial charge in [-0.15, -0.1) is 0 Å². The van der Waals surface area contributed by atoms with Gasteiger partial charge in [0.1, 0.15) is 0 Å². The van der Waals surface area contributed by atoms with Crippen molar-refractivity contribution in [3.8, 4) is 0 Å². The topological polar surface area (TPSA) is 12.5 Å². The lowest BCUT2D eigenvalue weighted by Crippen LogP contribution is -2.43. The van der Waals surface area contributed by atoms with Crippen molar-refractivity contribution in [3.63, 3.8) is 0 Å². The van der Waals surface area contributed by atoms with E-state index in [1.54, 1.807) is 0 Å². The maximum Gasteiger partial charge on any atom is 0.0594 e. The third-order valence-electron chi connectivity index (χ3n) is 3.52. The van der Waals surface area contributed by atoms with Gasteiger partial charge in [-0.1, -0.05) is 20.8 Å². The fourth-order valence-electron chi connectivity index (χ4n) is 1.98. The van der Waals surface area contributed by atoms with Crippen LogP contribution in [0.4, 0.5) is 0 Å². The summed E-state index contributed by atoms with van der Waals surface area (Å²) in [5.41, 5.74) is 0. The molecule has 0 saturated carbocycles. The van der Waals surface area contributed by atoms with Gasteiger partial charge in [0, 0.05) is 19.1 Å². The van der Waals surface area contributed by atoms with Gasteiger partial charge in [0.2, 0.25) is 0 Å². The molecule has 0 aromatic rings. The normalized spacial score (nSPS) is 23.8. The van der Waals surface area contributed by atoms with Crippen LogP contribution in [0.1, 0.15) is 34.1 Å². The molecule has 0 N–H and O–H groups in total. The summed E-state index contributed by atoms with van der Waals surface area (Å²) in [7, 11) is 0. The molecule has 1 aliphatic rings. The second-order valence-corrected chi connectivity index (χ2v) is 4.95. The molecule has 0 aliphatic carbocycles. The molecule has 84 valence electrons. The Bertz CT molecular complexity index is 152. The first kappa shape index (κ1) is 12.0. The largest absolute Gasteiger partial charge is 0.379 e. The van der Waals surface area contributed by atoms with Crippen molar-refractivity contribution in [3.05, 3.63) is 0 Å². The highest BCUT2D eigenvalue weighted by Gasteiger charge is 2.19.